The number of hydrogen-bond acceptors (Lipinski definition) is 4. The van der Waals surface area contributed by atoms with Crippen LogP contribution in [0.4, 0.5) is 18.9 Å². The molecule has 2 heterocycles. The minimum atomic E-state index is -4.38. The Kier molecular flexibility index (Phi) is 7.95. The van der Waals surface area contributed by atoms with Gasteiger partial charge in [-0.2, -0.15) is 13.2 Å². The molecule has 2 aromatic carbocycles. The van der Waals surface area contributed by atoms with E-state index in [1.807, 2.05) is 4.90 Å². The van der Waals surface area contributed by atoms with Crippen molar-refractivity contribution in [1.29, 1.82) is 0 Å². The molecule has 0 aromatic heterocycles. The predicted molar refractivity (Wildman–Crippen MR) is 137 cm³/mol. The fraction of sp³-hybridized carbons (Fsp3) is 0.536. The standard InChI is InChI=1S/C28H37F3N4O/c1-21-6-7-25(22(2)18-21)34-16-14-33(15-17-34)20-26(36)35-12-9-27(8-11-32,10-13-35)23-4-3-5-24(19-23)28(29,30)31/h3-7,18-19H,8-17,20,32H2,1-2H3. The molecular weight excluding hydrogens is 465 g/mol. The molecule has 2 aromatic rings. The maximum Gasteiger partial charge on any atom is 0.416 e. The van der Waals surface area contributed by atoms with Gasteiger partial charge in [0.05, 0.1) is 12.1 Å². The fourth-order valence-electron chi connectivity index (χ4n) is 5.77. The summed E-state index contributed by atoms with van der Waals surface area (Å²) in [5, 5.41) is 0. The molecule has 8 heteroatoms. The Hall–Kier alpha value is -2.58. The molecule has 4 rings (SSSR count). The highest BCUT2D eigenvalue weighted by Crippen LogP contribution is 2.40. The first-order chi connectivity index (χ1) is 17.1. The molecule has 2 aliphatic rings. The molecule has 0 spiro atoms. The van der Waals surface area contributed by atoms with Crippen LogP contribution >= 0.6 is 0 Å². The summed E-state index contributed by atoms with van der Waals surface area (Å²) in [6, 6.07) is 12.1. The summed E-state index contributed by atoms with van der Waals surface area (Å²) < 4.78 is 39.9. The maximum absolute atomic E-state index is 13.3. The summed E-state index contributed by atoms with van der Waals surface area (Å²) in [6.45, 7) is 9.51. The number of alkyl halides is 3. The highest BCUT2D eigenvalue weighted by atomic mass is 19.4. The van der Waals surface area contributed by atoms with E-state index in [2.05, 4.69) is 41.8 Å². The highest BCUT2D eigenvalue weighted by molar-refractivity contribution is 5.78. The van der Waals surface area contributed by atoms with Gasteiger partial charge in [-0.15, -0.1) is 0 Å². The molecule has 0 radical (unpaired) electrons. The van der Waals surface area contributed by atoms with Crippen LogP contribution in [-0.2, 0) is 16.4 Å². The zero-order valence-electron chi connectivity index (χ0n) is 21.3. The van der Waals surface area contributed by atoms with Crippen LogP contribution < -0.4 is 10.6 Å². The lowest BCUT2D eigenvalue weighted by Gasteiger charge is -2.43. The van der Waals surface area contributed by atoms with Gasteiger partial charge in [-0.25, -0.2) is 0 Å². The molecule has 0 aliphatic carbocycles. The number of carbonyl (C=O) groups is 1. The number of amides is 1. The Morgan fingerprint density at radius 3 is 2.28 bits per heavy atom. The molecule has 5 nitrogen and oxygen atoms in total. The maximum atomic E-state index is 13.3. The number of benzene rings is 2. The van der Waals surface area contributed by atoms with Gasteiger partial charge in [0, 0.05) is 45.0 Å². The first-order valence-corrected chi connectivity index (χ1v) is 12.8. The van der Waals surface area contributed by atoms with Crippen LogP contribution in [0.25, 0.3) is 0 Å². The average Bonchev–Trinajstić information content (AvgIpc) is 2.85. The van der Waals surface area contributed by atoms with E-state index in [-0.39, 0.29) is 5.91 Å². The molecule has 0 saturated carbocycles. The number of halogens is 3. The van der Waals surface area contributed by atoms with Gasteiger partial charge in [-0.1, -0.05) is 35.9 Å². The highest BCUT2D eigenvalue weighted by Gasteiger charge is 2.39. The zero-order valence-corrected chi connectivity index (χ0v) is 21.3. The third-order valence-corrected chi connectivity index (χ3v) is 7.92. The van der Waals surface area contributed by atoms with Crippen LogP contribution in [0.3, 0.4) is 0 Å². The first kappa shape index (κ1) is 26.5. The summed E-state index contributed by atoms with van der Waals surface area (Å²) in [6.07, 6.45) is -2.52. The van der Waals surface area contributed by atoms with Crippen molar-refractivity contribution in [1.82, 2.24) is 9.80 Å². The fourth-order valence-corrected chi connectivity index (χ4v) is 5.77. The monoisotopic (exact) mass is 502 g/mol. The topological polar surface area (TPSA) is 52.8 Å². The van der Waals surface area contributed by atoms with Gasteiger partial charge in [0.25, 0.3) is 0 Å². The van der Waals surface area contributed by atoms with Crippen LogP contribution in [0.2, 0.25) is 0 Å². The Balaban J connectivity index is 1.33. The minimum Gasteiger partial charge on any atom is -0.369 e. The number of nitrogens with zero attached hydrogens (tertiary/aromatic N) is 3. The number of aryl methyl sites for hydroxylation is 2. The Bertz CT molecular complexity index is 1060. The predicted octanol–water partition coefficient (Wildman–Crippen LogP) is 4.35. The van der Waals surface area contributed by atoms with E-state index in [1.54, 1.807) is 6.07 Å². The Morgan fingerprint density at radius 2 is 1.67 bits per heavy atom. The minimum absolute atomic E-state index is 0.0976. The van der Waals surface area contributed by atoms with Crippen molar-refractivity contribution < 1.29 is 18.0 Å². The number of piperazine rings is 1. The van der Waals surface area contributed by atoms with Gasteiger partial charge in [-0.05, 0) is 68.3 Å². The van der Waals surface area contributed by atoms with Crippen LogP contribution in [0.5, 0.6) is 0 Å². The van der Waals surface area contributed by atoms with E-state index in [1.165, 1.54) is 28.9 Å². The van der Waals surface area contributed by atoms with Gasteiger partial charge >= 0.3 is 6.18 Å². The van der Waals surface area contributed by atoms with Crippen molar-refractivity contribution in [3.8, 4) is 0 Å². The van der Waals surface area contributed by atoms with E-state index >= 15 is 0 Å². The molecule has 2 aliphatic heterocycles. The van der Waals surface area contributed by atoms with E-state index in [0.29, 0.717) is 51.0 Å². The van der Waals surface area contributed by atoms with E-state index in [4.69, 9.17) is 5.73 Å². The normalized spacial score (nSPS) is 18.9. The third-order valence-electron chi connectivity index (χ3n) is 7.92. The van der Waals surface area contributed by atoms with E-state index in [9.17, 15) is 18.0 Å². The zero-order chi connectivity index (χ0) is 25.9. The van der Waals surface area contributed by atoms with Crippen LogP contribution in [0, 0.1) is 13.8 Å². The number of carbonyl (C=O) groups excluding carboxylic acids is 1. The largest absolute Gasteiger partial charge is 0.416 e. The molecule has 1 amide bonds. The molecule has 196 valence electrons. The average molecular weight is 503 g/mol. The SMILES string of the molecule is Cc1ccc(N2CCN(CC(=O)N3CCC(CCN)(c4cccc(C(F)(F)F)c4)CC3)CC2)c(C)c1. The molecule has 2 saturated heterocycles. The van der Waals surface area contributed by atoms with Gasteiger partial charge < -0.3 is 15.5 Å². The molecule has 2 N–H and O–H groups in total. The number of likely N-dealkylation sites (tertiary alicyclic amines) is 1. The van der Waals surface area contributed by atoms with Crippen molar-refractivity contribution in [2.45, 2.75) is 44.7 Å². The number of rotatable bonds is 6. The number of hydrogen-bond donors (Lipinski definition) is 1. The third kappa shape index (κ3) is 5.86. The number of anilines is 1. The van der Waals surface area contributed by atoms with E-state index in [0.717, 1.165) is 32.2 Å². The Morgan fingerprint density at radius 1 is 0.972 bits per heavy atom. The van der Waals surface area contributed by atoms with Gasteiger partial charge in [0.2, 0.25) is 5.91 Å². The summed E-state index contributed by atoms with van der Waals surface area (Å²) in [5.74, 6) is 0.0976. The van der Waals surface area contributed by atoms with Crippen molar-refractivity contribution in [3.05, 3.63) is 64.7 Å². The smallest absolute Gasteiger partial charge is 0.369 e. The Labute approximate surface area is 212 Å². The van der Waals surface area contributed by atoms with Gasteiger partial charge in [-0.3, -0.25) is 9.69 Å². The van der Waals surface area contributed by atoms with E-state index < -0.39 is 17.2 Å². The molecule has 0 bridgehead atoms. The second-order valence-corrected chi connectivity index (χ2v) is 10.3. The lowest BCUT2D eigenvalue weighted by molar-refractivity contribution is -0.137. The van der Waals surface area contributed by atoms with Crippen molar-refractivity contribution >= 4 is 11.6 Å². The lowest BCUT2D eigenvalue weighted by atomic mass is 9.70. The van der Waals surface area contributed by atoms with Gasteiger partial charge in [0.1, 0.15) is 0 Å². The quantitative estimate of drug-likeness (QED) is 0.638. The van der Waals surface area contributed by atoms with Crippen LogP contribution in [0.1, 0.15) is 41.5 Å². The number of nitrogens with two attached hydrogens (primary N) is 1. The lowest BCUT2D eigenvalue weighted by Crippen LogP contribution is -2.52. The van der Waals surface area contributed by atoms with Crippen molar-refractivity contribution in [2.75, 3.05) is 57.3 Å². The second-order valence-electron chi connectivity index (χ2n) is 10.3. The summed E-state index contributed by atoms with van der Waals surface area (Å²) in [4.78, 5) is 19.6. The van der Waals surface area contributed by atoms with Crippen LogP contribution in [0.15, 0.2) is 42.5 Å². The first-order valence-electron chi connectivity index (χ1n) is 12.8. The van der Waals surface area contributed by atoms with Crippen molar-refractivity contribution in [3.63, 3.8) is 0 Å². The second kappa shape index (κ2) is 10.8. The summed E-state index contributed by atoms with van der Waals surface area (Å²) in [5.41, 5.74) is 9.29. The molecule has 2 fully saturated rings. The molecule has 0 unspecified atom stereocenters. The van der Waals surface area contributed by atoms with Crippen molar-refractivity contribution in [2.24, 2.45) is 5.73 Å². The molecular formula is C28H37F3N4O. The summed E-state index contributed by atoms with van der Waals surface area (Å²) >= 11 is 0. The summed E-state index contributed by atoms with van der Waals surface area (Å²) in [7, 11) is 0. The molecule has 0 atom stereocenters. The number of piperidine rings is 1. The molecule has 36 heavy (non-hydrogen) atoms. The van der Waals surface area contributed by atoms with Gasteiger partial charge in [0.15, 0.2) is 0 Å². The van der Waals surface area contributed by atoms with Crippen LogP contribution in [-0.4, -0.2) is 68.1 Å².